The first-order valence-corrected chi connectivity index (χ1v) is 11.9. The Bertz CT molecular complexity index is 1160. The van der Waals surface area contributed by atoms with Crippen molar-refractivity contribution in [3.8, 4) is 6.07 Å². The van der Waals surface area contributed by atoms with Crippen LogP contribution in [0.1, 0.15) is 35.2 Å². The molecule has 5 heteroatoms. The Morgan fingerprint density at radius 2 is 1.50 bits per heavy atom. The van der Waals surface area contributed by atoms with Gasteiger partial charge in [-0.2, -0.15) is 5.26 Å². The smallest absolute Gasteiger partial charge is 0.245 e. The van der Waals surface area contributed by atoms with Crippen LogP contribution in [-0.2, 0) is 11.2 Å². The summed E-state index contributed by atoms with van der Waals surface area (Å²) < 4.78 is 0. The molecule has 174 valence electrons. The molecule has 5 nitrogen and oxygen atoms in total. The Labute approximate surface area is 202 Å². The van der Waals surface area contributed by atoms with E-state index in [1.54, 1.807) is 4.90 Å². The minimum absolute atomic E-state index is 0.0356. The topological polar surface area (TPSA) is 68.2 Å². The van der Waals surface area contributed by atoms with Crippen molar-refractivity contribution < 1.29 is 4.79 Å². The summed E-state index contributed by atoms with van der Waals surface area (Å²) in [6, 6.07) is 26.8. The molecule has 1 fully saturated rings. The highest BCUT2D eigenvalue weighted by atomic mass is 16.2. The largest absolute Gasteiger partial charge is 0.377 e. The van der Waals surface area contributed by atoms with Crippen LogP contribution in [0.2, 0.25) is 0 Å². The molecule has 1 aliphatic heterocycles. The number of benzene rings is 3. The molecule has 3 aromatic rings. The third kappa shape index (κ3) is 5.58. The van der Waals surface area contributed by atoms with Crippen molar-refractivity contribution >= 4 is 17.3 Å². The number of likely N-dealkylation sites (tertiary alicyclic amines) is 1. The number of amides is 1. The maximum absolute atomic E-state index is 13.4. The molecular formula is C29H32N4O. The summed E-state index contributed by atoms with van der Waals surface area (Å²) in [5, 5.41) is 16.3. The summed E-state index contributed by atoms with van der Waals surface area (Å²) in [5.74, 6) is -0.0262. The van der Waals surface area contributed by atoms with E-state index in [1.807, 2.05) is 24.3 Å². The molecule has 3 aromatic carbocycles. The number of carbonyl (C=O) groups is 1. The Hall–Kier alpha value is -3.78. The number of nitrogens with one attached hydrogen (secondary N) is 2. The highest BCUT2D eigenvalue weighted by Crippen LogP contribution is 2.28. The van der Waals surface area contributed by atoms with Gasteiger partial charge in [0.05, 0.1) is 23.4 Å². The fourth-order valence-corrected chi connectivity index (χ4v) is 4.21. The minimum Gasteiger partial charge on any atom is -0.377 e. The van der Waals surface area contributed by atoms with Gasteiger partial charge in [-0.15, -0.1) is 0 Å². The first-order valence-electron chi connectivity index (χ1n) is 11.9. The zero-order valence-electron chi connectivity index (χ0n) is 20.1. The number of aryl methyl sites for hydroxylation is 2. The van der Waals surface area contributed by atoms with Gasteiger partial charge in [0.2, 0.25) is 5.91 Å². The van der Waals surface area contributed by atoms with Gasteiger partial charge in [0, 0.05) is 25.6 Å². The van der Waals surface area contributed by atoms with E-state index in [2.05, 4.69) is 86.0 Å². The van der Waals surface area contributed by atoms with Crippen LogP contribution in [0.15, 0.2) is 72.8 Å². The minimum atomic E-state index is -0.417. The predicted molar refractivity (Wildman–Crippen MR) is 138 cm³/mol. The van der Waals surface area contributed by atoms with Gasteiger partial charge >= 0.3 is 0 Å². The lowest BCUT2D eigenvalue weighted by molar-refractivity contribution is -0.137. The van der Waals surface area contributed by atoms with Gasteiger partial charge in [0.15, 0.2) is 0 Å². The maximum Gasteiger partial charge on any atom is 0.245 e. The van der Waals surface area contributed by atoms with Crippen molar-refractivity contribution in [2.24, 2.45) is 5.92 Å². The zero-order chi connectivity index (χ0) is 24.1. The molecular weight excluding hydrogens is 420 g/mol. The fourth-order valence-electron chi connectivity index (χ4n) is 4.21. The number of para-hydroxylation sites is 2. The molecule has 0 spiro atoms. The molecule has 0 radical (unpaired) electrons. The van der Waals surface area contributed by atoms with Gasteiger partial charge < -0.3 is 15.5 Å². The normalized spacial score (nSPS) is 15.1. The number of anilines is 2. The molecule has 1 amide bonds. The summed E-state index contributed by atoms with van der Waals surface area (Å²) in [6.07, 6.45) is 0.578. The lowest BCUT2D eigenvalue weighted by Crippen LogP contribution is -2.54. The molecule has 2 N–H and O–H groups in total. The first kappa shape index (κ1) is 23.4. The van der Waals surface area contributed by atoms with Crippen molar-refractivity contribution in [1.29, 1.82) is 5.26 Å². The van der Waals surface area contributed by atoms with E-state index >= 15 is 0 Å². The second-order valence-corrected chi connectivity index (χ2v) is 9.28. The molecule has 0 bridgehead atoms. The first-order chi connectivity index (χ1) is 16.4. The molecule has 1 heterocycles. The summed E-state index contributed by atoms with van der Waals surface area (Å²) >= 11 is 0. The number of nitrogens with zero attached hydrogens (tertiary/aromatic N) is 2. The average Bonchev–Trinajstić information content (AvgIpc) is 2.81. The summed E-state index contributed by atoms with van der Waals surface area (Å²) in [4.78, 5) is 15.2. The maximum atomic E-state index is 13.4. The Balaban J connectivity index is 1.54. The van der Waals surface area contributed by atoms with Gasteiger partial charge in [-0.3, -0.25) is 4.79 Å². The van der Waals surface area contributed by atoms with Gasteiger partial charge in [-0.1, -0.05) is 71.8 Å². The second-order valence-electron chi connectivity index (χ2n) is 9.28. The van der Waals surface area contributed by atoms with Crippen molar-refractivity contribution in [3.05, 3.63) is 95.1 Å². The van der Waals surface area contributed by atoms with Crippen molar-refractivity contribution in [1.82, 2.24) is 4.90 Å². The number of carbonyl (C=O) groups excluding carboxylic acids is 1. The average molecular weight is 453 g/mol. The van der Waals surface area contributed by atoms with E-state index in [9.17, 15) is 4.79 Å². The molecule has 0 saturated carbocycles. The standard InChI is InChI=1S/C29H32N4O/c1-20-8-12-23(13-9-20)16-28(29(34)33-18-24(17-30)19-33)32-27-7-5-4-6-26(27)31-22(3)25-14-10-21(2)11-15-25/h4-15,22,24,28,31-32H,16,18-19H2,1-3H3. The van der Waals surface area contributed by atoms with Crippen LogP contribution in [0.4, 0.5) is 11.4 Å². The summed E-state index contributed by atoms with van der Waals surface area (Å²) in [6.45, 7) is 7.29. The third-order valence-electron chi connectivity index (χ3n) is 6.44. The lowest BCUT2D eigenvalue weighted by atomic mass is 9.97. The van der Waals surface area contributed by atoms with Crippen LogP contribution in [0.25, 0.3) is 0 Å². The van der Waals surface area contributed by atoms with E-state index < -0.39 is 6.04 Å². The van der Waals surface area contributed by atoms with Crippen LogP contribution in [0.3, 0.4) is 0 Å². The van der Waals surface area contributed by atoms with Crippen LogP contribution in [0, 0.1) is 31.1 Å². The molecule has 0 aromatic heterocycles. The molecule has 34 heavy (non-hydrogen) atoms. The number of hydrogen-bond donors (Lipinski definition) is 2. The quantitative estimate of drug-likeness (QED) is 0.475. The van der Waals surface area contributed by atoms with E-state index in [0.717, 1.165) is 16.9 Å². The highest BCUT2D eigenvalue weighted by molar-refractivity contribution is 5.87. The number of hydrogen-bond acceptors (Lipinski definition) is 4. The molecule has 2 unspecified atom stereocenters. The van der Waals surface area contributed by atoms with Crippen molar-refractivity contribution in [2.45, 2.75) is 39.3 Å². The van der Waals surface area contributed by atoms with Gasteiger partial charge in [0.1, 0.15) is 6.04 Å². The number of rotatable bonds is 8. The van der Waals surface area contributed by atoms with Gasteiger partial charge in [0.25, 0.3) is 0 Å². The van der Waals surface area contributed by atoms with Crippen LogP contribution >= 0.6 is 0 Å². The molecule has 0 aliphatic carbocycles. The van der Waals surface area contributed by atoms with Crippen molar-refractivity contribution in [3.63, 3.8) is 0 Å². The Kier molecular flexibility index (Phi) is 7.18. The van der Waals surface area contributed by atoms with E-state index in [-0.39, 0.29) is 17.9 Å². The highest BCUT2D eigenvalue weighted by Gasteiger charge is 2.34. The Morgan fingerprint density at radius 1 is 0.941 bits per heavy atom. The van der Waals surface area contributed by atoms with Gasteiger partial charge in [-0.05, 0) is 44.0 Å². The third-order valence-corrected chi connectivity index (χ3v) is 6.44. The van der Waals surface area contributed by atoms with E-state index in [0.29, 0.717) is 19.5 Å². The zero-order valence-corrected chi connectivity index (χ0v) is 20.1. The molecule has 4 rings (SSSR count). The monoisotopic (exact) mass is 452 g/mol. The lowest BCUT2D eigenvalue weighted by Gasteiger charge is -2.38. The predicted octanol–water partition coefficient (Wildman–Crippen LogP) is 5.48. The van der Waals surface area contributed by atoms with E-state index in [1.165, 1.54) is 16.7 Å². The Morgan fingerprint density at radius 3 is 2.09 bits per heavy atom. The molecule has 1 aliphatic rings. The SMILES string of the molecule is Cc1ccc(CC(Nc2ccccc2NC(C)c2ccc(C)cc2)C(=O)N2CC(C#N)C2)cc1. The van der Waals surface area contributed by atoms with Crippen LogP contribution in [0.5, 0.6) is 0 Å². The van der Waals surface area contributed by atoms with E-state index in [4.69, 9.17) is 5.26 Å². The van der Waals surface area contributed by atoms with Gasteiger partial charge in [-0.25, -0.2) is 0 Å². The fraction of sp³-hybridized carbons (Fsp3) is 0.310. The number of nitriles is 1. The van der Waals surface area contributed by atoms with Crippen LogP contribution < -0.4 is 10.6 Å². The second kappa shape index (κ2) is 10.4. The van der Waals surface area contributed by atoms with Crippen LogP contribution in [-0.4, -0.2) is 29.9 Å². The molecule has 2 atom stereocenters. The van der Waals surface area contributed by atoms with Crippen molar-refractivity contribution in [2.75, 3.05) is 23.7 Å². The summed E-state index contributed by atoms with van der Waals surface area (Å²) in [5.41, 5.74) is 6.59. The summed E-state index contributed by atoms with van der Waals surface area (Å²) in [7, 11) is 0. The molecule has 1 saturated heterocycles.